The maximum absolute atomic E-state index is 10.0. The van der Waals surface area contributed by atoms with E-state index in [9.17, 15) is 5.11 Å². The van der Waals surface area contributed by atoms with E-state index >= 15 is 0 Å². The van der Waals surface area contributed by atoms with Crippen molar-refractivity contribution in [2.24, 2.45) is 5.92 Å². The molecule has 0 saturated heterocycles. The Morgan fingerprint density at radius 1 is 1.15 bits per heavy atom. The molecule has 0 aliphatic carbocycles. The Hall–Kier alpha value is 0.0249. The summed E-state index contributed by atoms with van der Waals surface area (Å²) in [5.41, 5.74) is -0.491. The molecule has 0 aromatic heterocycles. The lowest BCUT2D eigenvalue weighted by Crippen LogP contribution is -2.40. The molecule has 0 spiro atoms. The molecule has 0 bridgehead atoms. The van der Waals surface area contributed by atoms with Crippen LogP contribution in [-0.4, -0.2) is 17.9 Å². The summed E-state index contributed by atoms with van der Waals surface area (Å²) < 4.78 is 0. The topological polar surface area (TPSA) is 20.2 Å². The maximum Gasteiger partial charge on any atom is 0.167 e. The van der Waals surface area contributed by atoms with Gasteiger partial charge in [-0.25, -0.2) is 0 Å². The molecule has 0 aliphatic heterocycles. The van der Waals surface area contributed by atoms with Crippen molar-refractivity contribution in [3.05, 3.63) is 0 Å². The largest absolute Gasteiger partial charge is 0.399 e. The fraction of sp³-hybridized carbons (Fsp3) is 1.00. The van der Waals surface area contributed by atoms with Gasteiger partial charge in [-0.05, 0) is 19.3 Å². The molecule has 0 saturated carbocycles. The van der Waals surface area contributed by atoms with Gasteiger partial charge in [-0.15, -0.1) is 0 Å². The van der Waals surface area contributed by atoms with Crippen LogP contribution in [0.25, 0.3) is 0 Å². The van der Waals surface area contributed by atoms with Gasteiger partial charge in [-0.2, -0.15) is 0 Å². The molecule has 0 aliphatic rings. The quantitative estimate of drug-likeness (QED) is 0.651. The number of aliphatic hydroxyl groups is 1. The molecule has 13 heavy (non-hydrogen) atoms. The van der Waals surface area contributed by atoms with E-state index in [1.54, 1.807) is 0 Å². The number of hydrogen-bond acceptors (Lipinski definition) is 1. The van der Waals surface area contributed by atoms with Crippen molar-refractivity contribution >= 4 is 7.28 Å². The molecular formula is C11H25BO. The smallest absolute Gasteiger partial charge is 0.167 e. The molecule has 2 atom stereocenters. The third kappa shape index (κ3) is 3.72. The van der Waals surface area contributed by atoms with E-state index in [1.807, 2.05) is 6.92 Å². The van der Waals surface area contributed by atoms with Crippen molar-refractivity contribution in [3.63, 3.8) is 0 Å². The first-order valence-electron chi connectivity index (χ1n) is 5.50. The normalized spacial score (nSPS) is 20.9. The zero-order chi connectivity index (χ0) is 10.7. The average Bonchev–Trinajstić information content (AvgIpc) is 2.03. The van der Waals surface area contributed by atoms with Crippen LogP contribution in [0.1, 0.15) is 54.4 Å². The van der Waals surface area contributed by atoms with Crippen molar-refractivity contribution in [3.8, 4) is 0 Å². The van der Waals surface area contributed by atoms with Crippen LogP contribution >= 0.6 is 0 Å². The van der Waals surface area contributed by atoms with E-state index in [-0.39, 0.29) is 5.31 Å². The predicted molar refractivity (Wildman–Crippen MR) is 61.6 cm³/mol. The minimum atomic E-state index is -0.491. The average molecular weight is 184 g/mol. The van der Waals surface area contributed by atoms with Crippen molar-refractivity contribution in [2.75, 3.05) is 0 Å². The summed E-state index contributed by atoms with van der Waals surface area (Å²) in [7, 11) is 0.907. The Morgan fingerprint density at radius 3 is 1.85 bits per heavy atom. The summed E-state index contributed by atoms with van der Waals surface area (Å²) in [4.78, 5) is 0. The van der Waals surface area contributed by atoms with Crippen molar-refractivity contribution in [2.45, 2.75) is 65.2 Å². The second kappa shape index (κ2) is 4.50. The molecule has 1 nitrogen and oxygen atoms in total. The monoisotopic (exact) mass is 184 g/mol. The molecule has 2 heteroatoms. The third-order valence-electron chi connectivity index (χ3n) is 3.75. The van der Waals surface area contributed by atoms with Gasteiger partial charge in [0.1, 0.15) is 0 Å². The summed E-state index contributed by atoms with van der Waals surface area (Å²) in [5, 5.41) is 10.3. The van der Waals surface area contributed by atoms with Crippen molar-refractivity contribution in [1.82, 2.24) is 0 Å². The van der Waals surface area contributed by atoms with Gasteiger partial charge in [-0.3, -0.25) is 0 Å². The summed E-state index contributed by atoms with van der Waals surface area (Å²) in [6.45, 7) is 13.0. The molecule has 0 rings (SSSR count). The molecule has 0 heterocycles. The van der Waals surface area contributed by atoms with Crippen LogP contribution in [0.4, 0.5) is 0 Å². The minimum absolute atomic E-state index is 0.277. The van der Waals surface area contributed by atoms with Crippen molar-refractivity contribution < 1.29 is 5.11 Å². The summed E-state index contributed by atoms with van der Waals surface area (Å²) in [6.07, 6.45) is 1.98. The lowest BCUT2D eigenvalue weighted by Gasteiger charge is -2.37. The molecule has 0 aromatic rings. The molecule has 78 valence electrons. The zero-order valence-corrected chi connectivity index (χ0v) is 10.1. The molecule has 1 N–H and O–H groups in total. The predicted octanol–water partition coefficient (Wildman–Crippen LogP) is 2.79. The van der Waals surface area contributed by atoms with Crippen LogP contribution in [-0.2, 0) is 0 Å². The number of rotatable bonds is 5. The number of hydrogen-bond donors (Lipinski definition) is 1. The van der Waals surface area contributed by atoms with Crippen LogP contribution in [0.5, 0.6) is 0 Å². The summed E-state index contributed by atoms with van der Waals surface area (Å²) >= 11 is 0. The van der Waals surface area contributed by atoms with Gasteiger partial charge in [0, 0.05) is 5.50 Å². The van der Waals surface area contributed by atoms with Gasteiger partial charge in [0.25, 0.3) is 0 Å². The summed E-state index contributed by atoms with van der Waals surface area (Å²) in [6, 6.07) is 0. The Labute approximate surface area is 84.2 Å². The maximum atomic E-state index is 10.0. The Kier molecular flexibility index (Phi) is 4.51. The first kappa shape index (κ1) is 13.0. The first-order valence-corrected chi connectivity index (χ1v) is 5.50. The van der Waals surface area contributed by atoms with Gasteiger partial charge >= 0.3 is 0 Å². The standard InChI is InChI=1S/C11H25BO/c1-7-10(5,9(3)4)12-11(6,13)8-2/h9,12-13H,7-8H2,1-6H3. The van der Waals surface area contributed by atoms with Crippen molar-refractivity contribution in [1.29, 1.82) is 0 Å². The minimum Gasteiger partial charge on any atom is -0.399 e. The van der Waals surface area contributed by atoms with Crippen LogP contribution < -0.4 is 0 Å². The molecule has 0 aromatic carbocycles. The van der Waals surface area contributed by atoms with E-state index < -0.39 is 5.50 Å². The van der Waals surface area contributed by atoms with Gasteiger partial charge in [0.05, 0.1) is 0 Å². The lowest BCUT2D eigenvalue weighted by molar-refractivity contribution is 0.133. The SMILES string of the molecule is CCC(C)(O)BC(C)(CC)C(C)C. The first-order chi connectivity index (χ1) is 5.77. The molecular weight excluding hydrogens is 159 g/mol. The fourth-order valence-corrected chi connectivity index (χ4v) is 1.73. The Balaban J connectivity index is 4.44. The Morgan fingerprint density at radius 2 is 1.62 bits per heavy atom. The van der Waals surface area contributed by atoms with Gasteiger partial charge in [0.2, 0.25) is 0 Å². The lowest BCUT2D eigenvalue weighted by atomic mass is 9.40. The van der Waals surface area contributed by atoms with E-state index in [1.165, 1.54) is 0 Å². The second-order valence-electron chi connectivity index (χ2n) is 5.19. The fourth-order valence-electron chi connectivity index (χ4n) is 1.73. The van der Waals surface area contributed by atoms with Gasteiger partial charge in [0.15, 0.2) is 7.28 Å². The van der Waals surface area contributed by atoms with E-state index in [0.29, 0.717) is 5.92 Å². The highest BCUT2D eigenvalue weighted by molar-refractivity contribution is 6.43. The van der Waals surface area contributed by atoms with Gasteiger partial charge < -0.3 is 5.11 Å². The highest BCUT2D eigenvalue weighted by Gasteiger charge is 2.35. The highest BCUT2D eigenvalue weighted by atomic mass is 16.3. The van der Waals surface area contributed by atoms with Crippen LogP contribution in [0.15, 0.2) is 0 Å². The van der Waals surface area contributed by atoms with Gasteiger partial charge in [-0.1, -0.05) is 46.4 Å². The molecule has 0 amide bonds. The second-order valence-corrected chi connectivity index (χ2v) is 5.19. The van der Waals surface area contributed by atoms with E-state index in [0.717, 1.165) is 20.1 Å². The molecule has 0 radical (unpaired) electrons. The van der Waals surface area contributed by atoms with Crippen LogP contribution in [0.3, 0.4) is 0 Å². The van der Waals surface area contributed by atoms with Crippen LogP contribution in [0.2, 0.25) is 5.31 Å². The molecule has 2 unspecified atom stereocenters. The third-order valence-corrected chi connectivity index (χ3v) is 3.75. The molecule has 0 fully saturated rings. The van der Waals surface area contributed by atoms with E-state index in [2.05, 4.69) is 34.6 Å². The van der Waals surface area contributed by atoms with E-state index in [4.69, 9.17) is 0 Å². The zero-order valence-electron chi connectivity index (χ0n) is 10.1. The summed E-state index contributed by atoms with van der Waals surface area (Å²) in [5.74, 6) is 0.635. The van der Waals surface area contributed by atoms with Crippen LogP contribution in [0, 0.1) is 5.92 Å². The Bertz CT molecular complexity index is 154. The highest BCUT2D eigenvalue weighted by Crippen LogP contribution is 2.40.